The van der Waals surface area contributed by atoms with Crippen LogP contribution in [0.3, 0.4) is 0 Å². The highest BCUT2D eigenvalue weighted by molar-refractivity contribution is 6.04. The minimum absolute atomic E-state index is 0.332. The molecule has 160 valence electrons. The van der Waals surface area contributed by atoms with Gasteiger partial charge in [0.1, 0.15) is 11.6 Å². The number of amides is 1. The lowest BCUT2D eigenvalue weighted by molar-refractivity contribution is 0.102. The number of aromatic nitrogens is 2. The minimum atomic E-state index is -1.69. The molecule has 8 heteroatoms. The third-order valence-corrected chi connectivity index (χ3v) is 4.58. The first kappa shape index (κ1) is 21.0. The van der Waals surface area contributed by atoms with Crippen LogP contribution < -0.4 is 10.6 Å². The third kappa shape index (κ3) is 4.59. The van der Waals surface area contributed by atoms with E-state index in [1.807, 2.05) is 30.3 Å². The quantitative estimate of drug-likeness (QED) is 0.386. The molecule has 2 N–H and O–H groups in total. The Hall–Kier alpha value is -4.20. The average molecular weight is 434 g/mol. The lowest BCUT2D eigenvalue weighted by Gasteiger charge is -2.11. The largest absolute Gasteiger partial charge is 0.340 e. The molecule has 1 aromatic heterocycles. The molecule has 0 atom stereocenters. The second-order valence-corrected chi connectivity index (χ2v) is 6.93. The van der Waals surface area contributed by atoms with Gasteiger partial charge < -0.3 is 10.6 Å². The summed E-state index contributed by atoms with van der Waals surface area (Å²) in [6, 6.07) is 19.7. The summed E-state index contributed by atoms with van der Waals surface area (Å²) in [6.07, 6.45) is 0. The van der Waals surface area contributed by atoms with Crippen LogP contribution in [0.15, 0.2) is 72.8 Å². The molecule has 1 amide bonds. The molecular formula is C24H17F3N4O. The number of rotatable bonds is 5. The summed E-state index contributed by atoms with van der Waals surface area (Å²) in [4.78, 5) is 21.2. The lowest BCUT2D eigenvalue weighted by atomic mass is 10.1. The van der Waals surface area contributed by atoms with Crippen LogP contribution in [0.4, 0.5) is 30.4 Å². The number of hydrogen-bond acceptors (Lipinski definition) is 4. The van der Waals surface area contributed by atoms with Gasteiger partial charge in [-0.15, -0.1) is 0 Å². The first-order valence-corrected chi connectivity index (χ1v) is 9.64. The number of benzene rings is 3. The van der Waals surface area contributed by atoms with Crippen molar-refractivity contribution in [1.29, 1.82) is 0 Å². The molecular weight excluding hydrogens is 417 g/mol. The Morgan fingerprint density at radius 1 is 0.812 bits per heavy atom. The SMILES string of the molecule is Cc1nc(Nc2cccc(NC(=O)c3ccc(F)c(F)c3F)c2)cc(-c2ccccc2)n1. The maximum Gasteiger partial charge on any atom is 0.258 e. The van der Waals surface area contributed by atoms with Crippen LogP contribution in [-0.4, -0.2) is 15.9 Å². The van der Waals surface area contributed by atoms with E-state index in [-0.39, 0.29) is 0 Å². The van der Waals surface area contributed by atoms with E-state index in [9.17, 15) is 18.0 Å². The van der Waals surface area contributed by atoms with Crippen LogP contribution in [0.1, 0.15) is 16.2 Å². The van der Waals surface area contributed by atoms with E-state index in [0.717, 1.165) is 17.3 Å². The number of carbonyl (C=O) groups is 1. The topological polar surface area (TPSA) is 66.9 Å². The van der Waals surface area contributed by atoms with Crippen LogP contribution in [0.5, 0.6) is 0 Å². The lowest BCUT2D eigenvalue weighted by Crippen LogP contribution is -2.15. The molecule has 0 fully saturated rings. The molecule has 4 aromatic rings. The molecule has 0 saturated heterocycles. The van der Waals surface area contributed by atoms with Crippen LogP contribution in [0.25, 0.3) is 11.3 Å². The van der Waals surface area contributed by atoms with Crippen molar-refractivity contribution in [2.45, 2.75) is 6.92 Å². The molecule has 0 aliphatic rings. The maximum absolute atomic E-state index is 13.9. The van der Waals surface area contributed by atoms with Crippen molar-refractivity contribution >= 4 is 23.1 Å². The van der Waals surface area contributed by atoms with E-state index in [1.165, 1.54) is 0 Å². The van der Waals surface area contributed by atoms with Crippen molar-refractivity contribution in [2.24, 2.45) is 0 Å². The number of nitrogens with one attached hydrogen (secondary N) is 2. The fraction of sp³-hybridized carbons (Fsp3) is 0.0417. The predicted octanol–water partition coefficient (Wildman–Crippen LogP) is 5.87. The predicted molar refractivity (Wildman–Crippen MR) is 116 cm³/mol. The Kier molecular flexibility index (Phi) is 5.85. The van der Waals surface area contributed by atoms with E-state index >= 15 is 0 Å². The molecule has 0 saturated carbocycles. The van der Waals surface area contributed by atoms with E-state index in [2.05, 4.69) is 20.6 Å². The number of anilines is 3. The normalized spacial score (nSPS) is 10.6. The molecule has 4 rings (SSSR count). The third-order valence-electron chi connectivity index (χ3n) is 4.58. The highest BCUT2D eigenvalue weighted by Gasteiger charge is 2.19. The van der Waals surface area contributed by atoms with Gasteiger partial charge in [0.15, 0.2) is 17.5 Å². The van der Waals surface area contributed by atoms with Gasteiger partial charge in [-0.3, -0.25) is 4.79 Å². The van der Waals surface area contributed by atoms with E-state index in [4.69, 9.17) is 0 Å². The summed E-state index contributed by atoms with van der Waals surface area (Å²) < 4.78 is 40.4. The standard InChI is InChI=1S/C24H17F3N4O/c1-14-28-20(15-6-3-2-4-7-15)13-21(29-14)30-16-8-5-9-17(12-16)31-24(32)18-10-11-19(25)23(27)22(18)26/h2-13H,1H3,(H,31,32)(H,28,29,30). The van der Waals surface area contributed by atoms with Crippen LogP contribution in [0.2, 0.25) is 0 Å². The summed E-state index contributed by atoms with van der Waals surface area (Å²) in [5.74, 6) is -4.37. The molecule has 0 spiro atoms. The molecule has 0 aliphatic carbocycles. The zero-order chi connectivity index (χ0) is 22.7. The first-order valence-electron chi connectivity index (χ1n) is 9.64. The van der Waals surface area contributed by atoms with Gasteiger partial charge in [-0.2, -0.15) is 0 Å². The maximum atomic E-state index is 13.9. The van der Waals surface area contributed by atoms with E-state index < -0.39 is 28.9 Å². The number of halogens is 3. The fourth-order valence-corrected chi connectivity index (χ4v) is 3.11. The molecule has 0 aliphatic heterocycles. The molecule has 0 unspecified atom stereocenters. The zero-order valence-electron chi connectivity index (χ0n) is 16.9. The molecule has 1 heterocycles. The number of aryl methyl sites for hydroxylation is 1. The van der Waals surface area contributed by atoms with Crippen molar-refractivity contribution in [3.05, 3.63) is 102 Å². The molecule has 3 aromatic carbocycles. The van der Waals surface area contributed by atoms with Gasteiger partial charge in [0, 0.05) is 23.0 Å². The van der Waals surface area contributed by atoms with Gasteiger partial charge >= 0.3 is 0 Å². The van der Waals surface area contributed by atoms with Gasteiger partial charge in [0.25, 0.3) is 5.91 Å². The summed E-state index contributed by atoms with van der Waals surface area (Å²) in [6.45, 7) is 1.78. The minimum Gasteiger partial charge on any atom is -0.340 e. The second-order valence-electron chi connectivity index (χ2n) is 6.93. The Labute approximate surface area is 182 Å². The first-order chi connectivity index (χ1) is 15.4. The Bertz CT molecular complexity index is 1300. The zero-order valence-corrected chi connectivity index (χ0v) is 16.9. The van der Waals surface area contributed by atoms with Gasteiger partial charge in [-0.05, 0) is 37.3 Å². The van der Waals surface area contributed by atoms with Crippen molar-refractivity contribution in [3.8, 4) is 11.3 Å². The molecule has 0 bridgehead atoms. The molecule has 5 nitrogen and oxygen atoms in total. The van der Waals surface area contributed by atoms with Crippen molar-refractivity contribution in [3.63, 3.8) is 0 Å². The molecule has 0 radical (unpaired) electrons. The number of carbonyl (C=O) groups excluding carboxylic acids is 1. The Morgan fingerprint density at radius 2 is 1.56 bits per heavy atom. The highest BCUT2D eigenvalue weighted by atomic mass is 19.2. The summed E-state index contributed by atoms with van der Waals surface area (Å²) in [5.41, 5.74) is 2.03. The Balaban J connectivity index is 1.55. The van der Waals surface area contributed by atoms with Gasteiger partial charge in [-0.1, -0.05) is 36.4 Å². The summed E-state index contributed by atoms with van der Waals surface area (Å²) in [7, 11) is 0. The monoisotopic (exact) mass is 434 g/mol. The van der Waals surface area contributed by atoms with Gasteiger partial charge in [-0.25, -0.2) is 23.1 Å². The Morgan fingerprint density at radius 3 is 2.34 bits per heavy atom. The van der Waals surface area contributed by atoms with Crippen LogP contribution in [0, 0.1) is 24.4 Å². The van der Waals surface area contributed by atoms with Crippen molar-refractivity contribution in [2.75, 3.05) is 10.6 Å². The highest BCUT2D eigenvalue weighted by Crippen LogP contribution is 2.24. The van der Waals surface area contributed by atoms with Crippen molar-refractivity contribution < 1.29 is 18.0 Å². The summed E-state index contributed by atoms with van der Waals surface area (Å²) >= 11 is 0. The van der Waals surface area contributed by atoms with E-state index in [1.54, 1.807) is 37.3 Å². The second kappa shape index (κ2) is 8.89. The van der Waals surface area contributed by atoms with Gasteiger partial charge in [0.05, 0.1) is 11.3 Å². The summed E-state index contributed by atoms with van der Waals surface area (Å²) in [5, 5.41) is 5.63. The van der Waals surface area contributed by atoms with Crippen LogP contribution >= 0.6 is 0 Å². The average Bonchev–Trinajstić information content (AvgIpc) is 2.78. The molecule has 32 heavy (non-hydrogen) atoms. The van der Waals surface area contributed by atoms with Gasteiger partial charge in [0.2, 0.25) is 0 Å². The smallest absolute Gasteiger partial charge is 0.258 e. The van der Waals surface area contributed by atoms with Crippen LogP contribution in [-0.2, 0) is 0 Å². The number of hydrogen-bond donors (Lipinski definition) is 2. The number of nitrogens with zero attached hydrogens (tertiary/aromatic N) is 2. The van der Waals surface area contributed by atoms with E-state index in [0.29, 0.717) is 29.1 Å². The fourth-order valence-electron chi connectivity index (χ4n) is 3.11. The van der Waals surface area contributed by atoms with Crippen molar-refractivity contribution in [1.82, 2.24) is 9.97 Å².